The molecule has 1 aromatic carbocycles. The molecule has 2 aromatic heterocycles. The molecule has 3 aliphatic rings. The number of alkyl halides is 5. The van der Waals surface area contributed by atoms with E-state index in [1.165, 1.54) is 25.2 Å². The molecule has 0 spiro atoms. The van der Waals surface area contributed by atoms with Gasteiger partial charge in [-0.1, -0.05) is 11.6 Å². The zero-order valence-electron chi connectivity index (χ0n) is 23.0. The molecule has 2 bridgehead atoms. The zero-order valence-corrected chi connectivity index (χ0v) is 23.8. The molecule has 2 unspecified atom stereocenters. The Hall–Kier alpha value is -4.05. The summed E-state index contributed by atoms with van der Waals surface area (Å²) in [6, 6.07) is 3.74. The number of amides is 2. The van der Waals surface area contributed by atoms with Crippen molar-refractivity contribution in [2.24, 2.45) is 7.05 Å². The second kappa shape index (κ2) is 11.8. The fourth-order valence-electron chi connectivity index (χ4n) is 5.71. The number of fused-ring (bicyclic) bond motifs is 2. The molecule has 3 fully saturated rings. The van der Waals surface area contributed by atoms with Crippen LogP contribution < -0.4 is 16.0 Å². The number of nitrogens with zero attached hydrogens (tertiary/aromatic N) is 4. The molecule has 4 heterocycles. The Labute approximate surface area is 251 Å². The van der Waals surface area contributed by atoms with Crippen molar-refractivity contribution in [1.82, 2.24) is 30.0 Å². The quantitative estimate of drug-likeness (QED) is 0.229. The Morgan fingerprint density at radius 3 is 2.39 bits per heavy atom. The van der Waals surface area contributed by atoms with Crippen molar-refractivity contribution in [3.8, 4) is 11.3 Å². The van der Waals surface area contributed by atoms with Crippen molar-refractivity contribution >= 4 is 35.6 Å². The summed E-state index contributed by atoms with van der Waals surface area (Å²) in [4.78, 5) is 38.1. The number of nitrogens with one attached hydrogen (secondary N) is 3. The van der Waals surface area contributed by atoms with E-state index in [1.807, 2.05) is 0 Å². The summed E-state index contributed by atoms with van der Waals surface area (Å²) in [6.45, 7) is -0.250. The van der Waals surface area contributed by atoms with Gasteiger partial charge in [-0.15, -0.1) is 0 Å². The first-order chi connectivity index (χ1) is 20.7. The Balaban J connectivity index is 0.00000123. The highest BCUT2D eigenvalue weighted by Crippen LogP contribution is 2.53. The second-order valence-electron chi connectivity index (χ2n) is 10.9. The predicted molar refractivity (Wildman–Crippen MR) is 147 cm³/mol. The summed E-state index contributed by atoms with van der Waals surface area (Å²) < 4.78 is 69.8. The van der Waals surface area contributed by atoms with Gasteiger partial charge in [-0.2, -0.15) is 18.3 Å². The van der Waals surface area contributed by atoms with E-state index in [1.54, 1.807) is 0 Å². The van der Waals surface area contributed by atoms with Crippen LogP contribution >= 0.6 is 11.6 Å². The first kappa shape index (κ1) is 31.4. The van der Waals surface area contributed by atoms with E-state index in [0.717, 1.165) is 42.6 Å². The molecule has 4 atom stereocenters. The smallest absolute Gasteiger partial charge is 0.435 e. The molecule has 17 heteroatoms. The summed E-state index contributed by atoms with van der Waals surface area (Å²) in [5.41, 5.74) is -1.48. The van der Waals surface area contributed by atoms with Crippen LogP contribution in [0.2, 0.25) is 5.02 Å². The Bertz CT molecular complexity index is 1580. The van der Waals surface area contributed by atoms with Gasteiger partial charge in [0.2, 0.25) is 0 Å². The van der Waals surface area contributed by atoms with Crippen LogP contribution in [0.3, 0.4) is 0 Å². The van der Waals surface area contributed by atoms with Gasteiger partial charge in [-0.05, 0) is 43.9 Å². The molecular weight excluding hydrogens is 617 g/mol. The number of carboxylic acid groups (broad SMARTS) is 1. The maximum atomic E-state index is 13.7. The lowest BCUT2D eigenvalue weighted by Crippen LogP contribution is -2.48. The Morgan fingerprint density at radius 2 is 1.82 bits per heavy atom. The van der Waals surface area contributed by atoms with Crippen molar-refractivity contribution in [1.29, 1.82) is 0 Å². The van der Waals surface area contributed by atoms with E-state index in [-0.39, 0.29) is 46.2 Å². The lowest BCUT2D eigenvalue weighted by atomic mass is 9.99. The van der Waals surface area contributed by atoms with Crippen LogP contribution in [0.15, 0.2) is 30.6 Å². The molecule has 2 saturated heterocycles. The Kier molecular flexibility index (Phi) is 8.41. The van der Waals surface area contributed by atoms with Gasteiger partial charge >= 0.3 is 6.18 Å². The van der Waals surface area contributed by atoms with E-state index in [2.05, 4.69) is 26.0 Å². The van der Waals surface area contributed by atoms with E-state index < -0.39 is 41.7 Å². The number of anilines is 1. The van der Waals surface area contributed by atoms with E-state index in [4.69, 9.17) is 21.5 Å². The molecule has 1 saturated carbocycles. The van der Waals surface area contributed by atoms with E-state index in [0.29, 0.717) is 16.8 Å². The largest absolute Gasteiger partial charge is 0.483 e. The van der Waals surface area contributed by atoms with Gasteiger partial charge in [0.25, 0.3) is 24.2 Å². The van der Waals surface area contributed by atoms with Crippen molar-refractivity contribution < 1.29 is 41.4 Å². The summed E-state index contributed by atoms with van der Waals surface area (Å²) in [6.07, 6.45) is 0.291. The summed E-state index contributed by atoms with van der Waals surface area (Å²) in [5, 5.41) is 19.5. The number of carbonyl (C=O) groups excluding carboxylic acids is 2. The average Bonchev–Trinajstić information content (AvgIpc) is 3.28. The molecule has 6 rings (SSSR count). The van der Waals surface area contributed by atoms with Gasteiger partial charge in [0.05, 0.1) is 28.0 Å². The van der Waals surface area contributed by atoms with Gasteiger partial charge in [-0.3, -0.25) is 19.1 Å². The minimum atomic E-state index is -4.92. The highest BCUT2D eigenvalue weighted by molar-refractivity contribution is 6.34. The summed E-state index contributed by atoms with van der Waals surface area (Å²) in [7, 11) is 1.33. The fraction of sp³-hybridized carbons (Fsp3) is 0.444. The molecule has 3 aromatic rings. The number of piperidine rings is 1. The number of rotatable bonds is 6. The lowest BCUT2D eigenvalue weighted by Gasteiger charge is -2.29. The van der Waals surface area contributed by atoms with Gasteiger partial charge in [-0.25, -0.2) is 13.8 Å². The second-order valence-corrected chi connectivity index (χ2v) is 11.3. The van der Waals surface area contributed by atoms with Crippen LogP contribution in [-0.4, -0.2) is 66.8 Å². The molecular formula is C27H27ClF5N7O4. The standard InChI is InChI=1S/C26H25ClF5N7O2.CH2O2/c1-38-19(17-11-39(20-9-25(20,28)29)37-21(17)26(30,31)32)10-33-22(38)24(41)35-14-4-5-16(18(27)8-14)23(40)36-15-6-12-2-3-13(7-15)34-12;2-1-3/h4-5,8,10-13,15,20,34H,2-3,6-7,9H2,1H3,(H,35,41)(H,36,40);1H,(H,2,3)/t12-,13+,15?,20?;. The predicted octanol–water partition coefficient (Wildman–Crippen LogP) is 4.50. The van der Waals surface area contributed by atoms with Gasteiger partial charge in [0, 0.05) is 43.5 Å². The first-order valence-corrected chi connectivity index (χ1v) is 13.9. The van der Waals surface area contributed by atoms with E-state index >= 15 is 0 Å². The third kappa shape index (κ3) is 6.40. The number of imidazole rings is 1. The zero-order chi connectivity index (χ0) is 32.0. The minimum absolute atomic E-state index is 0.0417. The van der Waals surface area contributed by atoms with Crippen LogP contribution in [0.25, 0.3) is 11.3 Å². The number of hydrogen-bond acceptors (Lipinski definition) is 6. The van der Waals surface area contributed by atoms with Crippen molar-refractivity contribution in [3.63, 3.8) is 0 Å². The number of benzene rings is 1. The van der Waals surface area contributed by atoms with Crippen molar-refractivity contribution in [2.75, 3.05) is 5.32 Å². The number of aromatic nitrogens is 4. The van der Waals surface area contributed by atoms with Crippen LogP contribution in [0.5, 0.6) is 0 Å². The fourth-order valence-corrected chi connectivity index (χ4v) is 5.97. The molecule has 4 N–H and O–H groups in total. The minimum Gasteiger partial charge on any atom is -0.483 e. The average molecular weight is 644 g/mol. The van der Waals surface area contributed by atoms with E-state index in [9.17, 15) is 31.5 Å². The lowest BCUT2D eigenvalue weighted by molar-refractivity contribution is -0.141. The van der Waals surface area contributed by atoms with Gasteiger partial charge in [0.1, 0.15) is 6.04 Å². The molecule has 11 nitrogen and oxygen atoms in total. The van der Waals surface area contributed by atoms with Crippen LogP contribution in [0, 0.1) is 0 Å². The van der Waals surface area contributed by atoms with Gasteiger partial charge in [0.15, 0.2) is 11.5 Å². The maximum Gasteiger partial charge on any atom is 0.435 e. The van der Waals surface area contributed by atoms with Crippen molar-refractivity contribution in [3.05, 3.63) is 52.7 Å². The topological polar surface area (TPSA) is 143 Å². The molecule has 0 radical (unpaired) electrons. The molecule has 236 valence electrons. The third-order valence-electron chi connectivity index (χ3n) is 7.86. The molecule has 44 heavy (non-hydrogen) atoms. The van der Waals surface area contributed by atoms with Gasteiger partial charge < -0.3 is 25.6 Å². The highest BCUT2D eigenvalue weighted by atomic mass is 35.5. The molecule has 2 aliphatic heterocycles. The third-order valence-corrected chi connectivity index (χ3v) is 8.17. The number of halogens is 6. The highest BCUT2D eigenvalue weighted by Gasteiger charge is 2.59. The maximum absolute atomic E-state index is 13.7. The Morgan fingerprint density at radius 1 is 1.18 bits per heavy atom. The monoisotopic (exact) mass is 643 g/mol. The number of carbonyl (C=O) groups is 3. The van der Waals surface area contributed by atoms with Crippen LogP contribution in [0.1, 0.15) is 64.8 Å². The summed E-state index contributed by atoms with van der Waals surface area (Å²) in [5.74, 6) is -4.45. The molecule has 2 amide bonds. The first-order valence-electron chi connectivity index (χ1n) is 13.5. The normalized spacial score (nSPS) is 23.3. The SMILES string of the molecule is Cn1c(-c2cn(C3CC3(F)F)nc2C(F)(F)F)cnc1C(=O)Nc1ccc(C(=O)NC2C[C@H]3CC[C@@H](C2)N3)c(Cl)c1.O=CO. The van der Waals surface area contributed by atoms with Crippen LogP contribution in [-0.2, 0) is 18.0 Å². The molecule has 1 aliphatic carbocycles. The van der Waals surface area contributed by atoms with Crippen LogP contribution in [0.4, 0.5) is 27.6 Å². The summed E-state index contributed by atoms with van der Waals surface area (Å²) >= 11 is 6.36. The van der Waals surface area contributed by atoms with Crippen molar-refractivity contribution in [2.45, 2.75) is 68.4 Å². The number of hydrogen-bond donors (Lipinski definition) is 4.